The quantitative estimate of drug-likeness (QED) is 0.349. The number of nitrogens with zero attached hydrogens (tertiary/aromatic N) is 2. The second-order valence-electron chi connectivity index (χ2n) is 9.24. The highest BCUT2D eigenvalue weighted by Gasteiger charge is 2.33. The van der Waals surface area contributed by atoms with Crippen molar-refractivity contribution in [2.75, 3.05) is 17.1 Å². The maximum absolute atomic E-state index is 14.6. The smallest absolute Gasteiger partial charge is 0.244 e. The average Bonchev–Trinajstić information content (AvgIpc) is 2.84. The number of rotatable bonds is 11. The van der Waals surface area contributed by atoms with E-state index in [9.17, 15) is 22.4 Å². The molecule has 0 saturated heterocycles. The van der Waals surface area contributed by atoms with E-state index in [0.717, 1.165) is 32.2 Å². The van der Waals surface area contributed by atoms with Crippen LogP contribution in [0.2, 0.25) is 0 Å². The van der Waals surface area contributed by atoms with Crippen molar-refractivity contribution < 1.29 is 22.4 Å². The van der Waals surface area contributed by atoms with Crippen LogP contribution in [-0.4, -0.2) is 50.0 Å². The first kappa shape index (κ1) is 29.3. The van der Waals surface area contributed by atoms with Crippen LogP contribution < -0.4 is 9.62 Å². The molecule has 3 aromatic carbocycles. The van der Waals surface area contributed by atoms with Crippen LogP contribution in [0, 0.1) is 5.82 Å². The molecule has 3 rings (SSSR count). The van der Waals surface area contributed by atoms with Crippen LogP contribution in [0.4, 0.5) is 10.1 Å². The minimum absolute atomic E-state index is 0.0379. The highest BCUT2D eigenvalue weighted by Crippen LogP contribution is 2.23. The second kappa shape index (κ2) is 13.0. The van der Waals surface area contributed by atoms with Gasteiger partial charge >= 0.3 is 0 Å². The van der Waals surface area contributed by atoms with Gasteiger partial charge in [0, 0.05) is 23.5 Å². The van der Waals surface area contributed by atoms with Gasteiger partial charge in [0.25, 0.3) is 0 Å². The van der Waals surface area contributed by atoms with Gasteiger partial charge in [-0.1, -0.05) is 70.5 Å². The van der Waals surface area contributed by atoms with Crippen LogP contribution >= 0.6 is 15.9 Å². The summed E-state index contributed by atoms with van der Waals surface area (Å²) in [5, 5.41) is 2.89. The summed E-state index contributed by atoms with van der Waals surface area (Å²) in [6.07, 6.45) is 1.12. The molecule has 0 aliphatic rings. The van der Waals surface area contributed by atoms with Crippen molar-refractivity contribution in [3.63, 3.8) is 0 Å². The third kappa shape index (κ3) is 8.13. The van der Waals surface area contributed by atoms with Gasteiger partial charge in [0.1, 0.15) is 18.4 Å². The molecule has 0 bridgehead atoms. The maximum atomic E-state index is 14.6. The molecule has 10 heteroatoms. The zero-order valence-corrected chi connectivity index (χ0v) is 23.9. The summed E-state index contributed by atoms with van der Waals surface area (Å²) in [7, 11) is -4.03. The summed E-state index contributed by atoms with van der Waals surface area (Å²) in [6, 6.07) is 20.8. The van der Waals surface area contributed by atoms with E-state index in [1.807, 2.05) is 68.4 Å². The topological polar surface area (TPSA) is 86.8 Å². The number of hydrogen-bond acceptors (Lipinski definition) is 4. The fourth-order valence-electron chi connectivity index (χ4n) is 4.02. The Balaban J connectivity index is 2.07. The molecule has 3 aromatic rings. The molecule has 0 aromatic heterocycles. The SMILES string of the molecule is CC(C)NC(=O)[C@H](Cc1ccccc1)N(Cc1cccc(Br)c1)C(=O)CN(c1ccccc1F)S(C)(=O)=O. The van der Waals surface area contributed by atoms with Crippen molar-refractivity contribution >= 4 is 43.5 Å². The second-order valence-corrected chi connectivity index (χ2v) is 12.1. The Hall–Kier alpha value is -3.24. The van der Waals surface area contributed by atoms with Crippen LogP contribution in [0.5, 0.6) is 0 Å². The molecule has 202 valence electrons. The number of benzene rings is 3. The summed E-state index contributed by atoms with van der Waals surface area (Å²) >= 11 is 3.43. The summed E-state index contributed by atoms with van der Waals surface area (Å²) < 4.78 is 41.5. The molecule has 0 aliphatic carbocycles. The van der Waals surface area contributed by atoms with Crippen molar-refractivity contribution in [1.82, 2.24) is 10.2 Å². The normalized spacial score (nSPS) is 12.2. The Bertz CT molecular complexity index is 1370. The van der Waals surface area contributed by atoms with Gasteiger partial charge < -0.3 is 10.2 Å². The Labute approximate surface area is 231 Å². The fraction of sp³-hybridized carbons (Fsp3) is 0.286. The summed E-state index contributed by atoms with van der Waals surface area (Å²) in [6.45, 7) is 3.01. The van der Waals surface area contributed by atoms with Crippen molar-refractivity contribution in [2.45, 2.75) is 38.9 Å². The van der Waals surface area contributed by atoms with Gasteiger partial charge in [-0.15, -0.1) is 0 Å². The van der Waals surface area contributed by atoms with E-state index in [4.69, 9.17) is 0 Å². The van der Waals surface area contributed by atoms with Crippen LogP contribution in [0.3, 0.4) is 0 Å². The Morgan fingerprint density at radius 1 is 0.947 bits per heavy atom. The van der Waals surface area contributed by atoms with Gasteiger partial charge in [-0.25, -0.2) is 12.8 Å². The van der Waals surface area contributed by atoms with Gasteiger partial charge in [0.2, 0.25) is 21.8 Å². The minimum atomic E-state index is -4.03. The number of nitrogens with one attached hydrogen (secondary N) is 1. The number of carbonyl (C=O) groups is 2. The highest BCUT2D eigenvalue weighted by atomic mass is 79.9. The maximum Gasteiger partial charge on any atom is 0.244 e. The Morgan fingerprint density at radius 2 is 1.58 bits per heavy atom. The first-order chi connectivity index (χ1) is 18.0. The average molecular weight is 605 g/mol. The first-order valence-electron chi connectivity index (χ1n) is 12.1. The number of anilines is 1. The van der Waals surface area contributed by atoms with Gasteiger partial charge in [-0.05, 0) is 49.2 Å². The standard InChI is InChI=1S/C28H31BrFN3O4S/c1-20(2)31-28(35)26(17-21-10-5-4-6-11-21)32(18-22-12-9-13-23(29)16-22)27(34)19-33(38(3,36)37)25-15-8-7-14-24(25)30/h4-16,20,26H,17-19H2,1-3H3,(H,31,35)/t26-/m0/s1. The number of hydrogen-bond donors (Lipinski definition) is 1. The van der Waals surface area contributed by atoms with Crippen LogP contribution in [-0.2, 0) is 32.6 Å². The molecule has 2 amide bonds. The molecule has 7 nitrogen and oxygen atoms in total. The molecule has 38 heavy (non-hydrogen) atoms. The van der Waals surface area contributed by atoms with E-state index in [1.54, 1.807) is 0 Å². The van der Waals surface area contributed by atoms with E-state index in [1.165, 1.54) is 23.1 Å². The predicted octanol–water partition coefficient (Wildman–Crippen LogP) is 4.52. The number of para-hydroxylation sites is 1. The molecule has 0 heterocycles. The van der Waals surface area contributed by atoms with Crippen LogP contribution in [0.25, 0.3) is 0 Å². The lowest BCUT2D eigenvalue weighted by Crippen LogP contribution is -2.54. The van der Waals surface area contributed by atoms with Crippen LogP contribution in [0.15, 0.2) is 83.3 Å². The molecule has 1 N–H and O–H groups in total. The molecule has 0 unspecified atom stereocenters. The minimum Gasteiger partial charge on any atom is -0.352 e. The zero-order valence-electron chi connectivity index (χ0n) is 21.5. The van der Waals surface area contributed by atoms with Crippen molar-refractivity contribution in [1.29, 1.82) is 0 Å². The monoisotopic (exact) mass is 603 g/mol. The lowest BCUT2D eigenvalue weighted by atomic mass is 10.0. The largest absolute Gasteiger partial charge is 0.352 e. The third-order valence-corrected chi connectivity index (χ3v) is 7.36. The third-order valence-electron chi connectivity index (χ3n) is 5.74. The van der Waals surface area contributed by atoms with E-state index in [2.05, 4.69) is 21.2 Å². The summed E-state index contributed by atoms with van der Waals surface area (Å²) in [5.41, 5.74) is 1.33. The summed E-state index contributed by atoms with van der Waals surface area (Å²) in [5.74, 6) is -1.79. The van der Waals surface area contributed by atoms with Gasteiger partial charge in [-0.2, -0.15) is 0 Å². The molecule has 0 aliphatic heterocycles. The van der Waals surface area contributed by atoms with Gasteiger partial charge in [-0.3, -0.25) is 13.9 Å². The highest BCUT2D eigenvalue weighted by molar-refractivity contribution is 9.10. The zero-order chi connectivity index (χ0) is 27.9. The van der Waals surface area contributed by atoms with E-state index < -0.39 is 34.3 Å². The summed E-state index contributed by atoms with van der Waals surface area (Å²) in [4.78, 5) is 28.7. The lowest BCUT2D eigenvalue weighted by Gasteiger charge is -2.34. The Kier molecular flexibility index (Phi) is 10.0. The Morgan fingerprint density at radius 3 is 2.18 bits per heavy atom. The fourth-order valence-corrected chi connectivity index (χ4v) is 5.31. The van der Waals surface area contributed by atoms with Crippen molar-refractivity contribution in [3.8, 4) is 0 Å². The number of amides is 2. The van der Waals surface area contributed by atoms with Crippen molar-refractivity contribution in [2.24, 2.45) is 0 Å². The van der Waals surface area contributed by atoms with Crippen LogP contribution in [0.1, 0.15) is 25.0 Å². The molecule has 0 spiro atoms. The van der Waals surface area contributed by atoms with Gasteiger partial charge in [0.15, 0.2) is 0 Å². The number of halogens is 2. The number of sulfonamides is 1. The molecular weight excluding hydrogens is 573 g/mol. The first-order valence-corrected chi connectivity index (χ1v) is 14.7. The number of carbonyl (C=O) groups excluding carboxylic acids is 2. The molecule has 0 radical (unpaired) electrons. The molecule has 1 atom stereocenters. The lowest BCUT2D eigenvalue weighted by molar-refractivity contribution is -0.140. The van der Waals surface area contributed by atoms with E-state index in [0.29, 0.717) is 0 Å². The molecule has 0 fully saturated rings. The van der Waals surface area contributed by atoms with E-state index in [-0.39, 0.29) is 30.6 Å². The van der Waals surface area contributed by atoms with E-state index >= 15 is 0 Å². The molecular formula is C28H31BrFN3O4S. The predicted molar refractivity (Wildman–Crippen MR) is 150 cm³/mol. The van der Waals surface area contributed by atoms with Gasteiger partial charge in [0.05, 0.1) is 11.9 Å². The molecule has 0 saturated carbocycles. The van der Waals surface area contributed by atoms with Crippen molar-refractivity contribution in [3.05, 3.63) is 100 Å².